The van der Waals surface area contributed by atoms with Gasteiger partial charge in [0.1, 0.15) is 0 Å². The molecule has 1 amide bonds. The molecule has 1 unspecified atom stereocenters. The number of nitrogens with one attached hydrogen (secondary N) is 1. The predicted octanol–water partition coefficient (Wildman–Crippen LogP) is 2.86. The van der Waals surface area contributed by atoms with Gasteiger partial charge in [0, 0.05) is 35.2 Å². The number of hydrogen-bond acceptors (Lipinski definition) is 2. The molecule has 0 radical (unpaired) electrons. The molecule has 1 aliphatic heterocycles. The third-order valence-electron chi connectivity index (χ3n) is 3.14. The van der Waals surface area contributed by atoms with Crippen molar-refractivity contribution in [3.05, 3.63) is 28.2 Å². The van der Waals surface area contributed by atoms with E-state index in [4.69, 9.17) is 0 Å². The molecule has 0 spiro atoms. The van der Waals surface area contributed by atoms with E-state index < -0.39 is 0 Å². The van der Waals surface area contributed by atoms with Gasteiger partial charge in [-0.2, -0.15) is 0 Å². The van der Waals surface area contributed by atoms with E-state index in [2.05, 4.69) is 35.1 Å². The van der Waals surface area contributed by atoms with E-state index in [1.165, 1.54) is 0 Å². The number of carbonyl (C=O) groups excluding carboxylic acids is 1. The molecule has 1 aliphatic rings. The van der Waals surface area contributed by atoms with Gasteiger partial charge in [-0.15, -0.1) is 0 Å². The van der Waals surface area contributed by atoms with Gasteiger partial charge in [-0.3, -0.25) is 4.79 Å². The molecule has 98 valence electrons. The second kappa shape index (κ2) is 5.41. The summed E-state index contributed by atoms with van der Waals surface area (Å²) in [5.74, 6) is 0.207. The standard InChI is InChI=1S/C14H19BrN2O/c1-9(2)16-12-7-14(18)17(8-12)13-5-4-11(15)6-10(13)3/h4-6,9,12,16H,7-8H2,1-3H3. The molecule has 2 rings (SSSR count). The molecular formula is C14H19BrN2O. The molecular weight excluding hydrogens is 292 g/mol. The maximum Gasteiger partial charge on any atom is 0.228 e. The zero-order valence-corrected chi connectivity index (χ0v) is 12.6. The fraction of sp³-hybridized carbons (Fsp3) is 0.500. The number of hydrogen-bond donors (Lipinski definition) is 1. The third kappa shape index (κ3) is 2.93. The molecule has 1 aromatic rings. The minimum Gasteiger partial charge on any atom is -0.311 e. The van der Waals surface area contributed by atoms with E-state index in [1.807, 2.05) is 30.0 Å². The van der Waals surface area contributed by atoms with Crippen LogP contribution in [0.1, 0.15) is 25.8 Å². The molecule has 1 heterocycles. The Kier molecular flexibility index (Phi) is 4.07. The SMILES string of the molecule is Cc1cc(Br)ccc1N1CC(NC(C)C)CC1=O. The van der Waals surface area contributed by atoms with Crippen molar-refractivity contribution in [3.63, 3.8) is 0 Å². The van der Waals surface area contributed by atoms with Gasteiger partial charge < -0.3 is 10.2 Å². The second-order valence-corrected chi connectivity index (χ2v) is 6.07. The zero-order chi connectivity index (χ0) is 13.3. The lowest BCUT2D eigenvalue weighted by Crippen LogP contribution is -2.37. The number of amides is 1. The van der Waals surface area contributed by atoms with Crippen LogP contribution in [0.25, 0.3) is 0 Å². The van der Waals surface area contributed by atoms with Crippen LogP contribution in [0.3, 0.4) is 0 Å². The van der Waals surface area contributed by atoms with Gasteiger partial charge in [0.2, 0.25) is 5.91 Å². The minimum absolute atomic E-state index is 0.207. The average molecular weight is 311 g/mol. The number of nitrogens with zero attached hydrogens (tertiary/aromatic N) is 1. The number of aryl methyl sites for hydroxylation is 1. The van der Waals surface area contributed by atoms with Crippen molar-refractivity contribution in [2.24, 2.45) is 0 Å². The van der Waals surface area contributed by atoms with Gasteiger partial charge in [-0.05, 0) is 30.7 Å². The fourth-order valence-corrected chi connectivity index (χ4v) is 2.92. The number of rotatable bonds is 3. The minimum atomic E-state index is 0.207. The van der Waals surface area contributed by atoms with Crippen LogP contribution >= 0.6 is 15.9 Å². The summed E-state index contributed by atoms with van der Waals surface area (Å²) in [4.78, 5) is 14.0. The molecule has 1 saturated heterocycles. The summed E-state index contributed by atoms with van der Waals surface area (Å²) < 4.78 is 1.05. The summed E-state index contributed by atoms with van der Waals surface area (Å²) in [6.45, 7) is 7.02. The maximum atomic E-state index is 12.1. The highest BCUT2D eigenvalue weighted by Crippen LogP contribution is 2.27. The first-order valence-corrected chi connectivity index (χ1v) is 7.09. The van der Waals surface area contributed by atoms with E-state index in [0.29, 0.717) is 12.5 Å². The summed E-state index contributed by atoms with van der Waals surface area (Å²) in [5.41, 5.74) is 2.15. The van der Waals surface area contributed by atoms with Crippen LogP contribution in [0.2, 0.25) is 0 Å². The van der Waals surface area contributed by atoms with Gasteiger partial charge in [0.05, 0.1) is 0 Å². The smallest absolute Gasteiger partial charge is 0.228 e. The van der Waals surface area contributed by atoms with Gasteiger partial charge in [-0.1, -0.05) is 29.8 Å². The molecule has 0 aromatic heterocycles. The van der Waals surface area contributed by atoms with Gasteiger partial charge in [0.15, 0.2) is 0 Å². The molecule has 1 fully saturated rings. The third-order valence-corrected chi connectivity index (χ3v) is 3.64. The Hall–Kier alpha value is -0.870. The first-order chi connectivity index (χ1) is 8.47. The normalized spacial score (nSPS) is 19.9. The van der Waals surface area contributed by atoms with Crippen LogP contribution in [0.4, 0.5) is 5.69 Å². The molecule has 1 N–H and O–H groups in total. The molecule has 0 saturated carbocycles. The van der Waals surface area contributed by atoms with E-state index in [-0.39, 0.29) is 11.9 Å². The zero-order valence-electron chi connectivity index (χ0n) is 11.0. The highest BCUT2D eigenvalue weighted by atomic mass is 79.9. The van der Waals surface area contributed by atoms with E-state index >= 15 is 0 Å². The highest BCUT2D eigenvalue weighted by molar-refractivity contribution is 9.10. The quantitative estimate of drug-likeness (QED) is 0.931. The van der Waals surface area contributed by atoms with Gasteiger partial charge >= 0.3 is 0 Å². The lowest BCUT2D eigenvalue weighted by molar-refractivity contribution is -0.117. The Bertz CT molecular complexity index is 459. The molecule has 1 aromatic carbocycles. The summed E-state index contributed by atoms with van der Waals surface area (Å²) >= 11 is 3.45. The number of benzene rings is 1. The molecule has 0 aliphatic carbocycles. The Balaban J connectivity index is 2.16. The van der Waals surface area contributed by atoms with Crippen LogP contribution in [-0.4, -0.2) is 24.5 Å². The summed E-state index contributed by atoms with van der Waals surface area (Å²) in [6.07, 6.45) is 0.591. The largest absolute Gasteiger partial charge is 0.311 e. The topological polar surface area (TPSA) is 32.3 Å². The van der Waals surface area contributed by atoms with Crippen molar-refractivity contribution in [2.75, 3.05) is 11.4 Å². The molecule has 4 heteroatoms. The molecule has 1 atom stereocenters. The van der Waals surface area contributed by atoms with E-state index in [9.17, 15) is 4.79 Å². The molecule has 18 heavy (non-hydrogen) atoms. The maximum absolute atomic E-state index is 12.1. The summed E-state index contributed by atoms with van der Waals surface area (Å²) in [7, 11) is 0. The van der Waals surface area contributed by atoms with E-state index in [1.54, 1.807) is 0 Å². The number of carbonyl (C=O) groups is 1. The second-order valence-electron chi connectivity index (χ2n) is 5.16. The van der Waals surface area contributed by atoms with Gasteiger partial charge in [-0.25, -0.2) is 0 Å². The van der Waals surface area contributed by atoms with Gasteiger partial charge in [0.25, 0.3) is 0 Å². The van der Waals surface area contributed by atoms with Crippen molar-refractivity contribution in [3.8, 4) is 0 Å². The summed E-state index contributed by atoms with van der Waals surface area (Å²) in [6, 6.07) is 6.72. The Morgan fingerprint density at radius 3 is 2.78 bits per heavy atom. The van der Waals surface area contributed by atoms with Crippen LogP contribution < -0.4 is 10.2 Å². The van der Waals surface area contributed by atoms with Crippen molar-refractivity contribution in [1.29, 1.82) is 0 Å². The number of halogens is 1. The lowest BCUT2D eigenvalue weighted by Gasteiger charge is -2.20. The van der Waals surface area contributed by atoms with Crippen LogP contribution in [-0.2, 0) is 4.79 Å². The Labute approximate surface area is 117 Å². The number of anilines is 1. The molecule has 0 bridgehead atoms. The van der Waals surface area contributed by atoms with Crippen LogP contribution in [0.15, 0.2) is 22.7 Å². The Morgan fingerprint density at radius 2 is 2.17 bits per heavy atom. The van der Waals surface area contributed by atoms with Crippen LogP contribution in [0.5, 0.6) is 0 Å². The van der Waals surface area contributed by atoms with Crippen molar-refractivity contribution >= 4 is 27.5 Å². The first kappa shape index (κ1) is 13.6. The van der Waals surface area contributed by atoms with E-state index in [0.717, 1.165) is 22.3 Å². The highest BCUT2D eigenvalue weighted by Gasteiger charge is 2.31. The molecule has 3 nitrogen and oxygen atoms in total. The van der Waals surface area contributed by atoms with Crippen molar-refractivity contribution < 1.29 is 4.79 Å². The fourth-order valence-electron chi connectivity index (χ4n) is 2.45. The Morgan fingerprint density at radius 1 is 1.44 bits per heavy atom. The van der Waals surface area contributed by atoms with Crippen molar-refractivity contribution in [2.45, 2.75) is 39.3 Å². The average Bonchev–Trinajstić information content (AvgIpc) is 2.58. The first-order valence-electron chi connectivity index (χ1n) is 6.30. The van der Waals surface area contributed by atoms with Crippen LogP contribution in [0, 0.1) is 6.92 Å². The summed E-state index contributed by atoms with van der Waals surface area (Å²) in [5, 5.41) is 3.43. The lowest BCUT2D eigenvalue weighted by atomic mass is 10.2. The predicted molar refractivity (Wildman–Crippen MR) is 77.9 cm³/mol. The van der Waals surface area contributed by atoms with Crippen molar-refractivity contribution in [1.82, 2.24) is 5.32 Å². The monoisotopic (exact) mass is 310 g/mol.